The molecule has 4 aromatic rings. The molecule has 1 amide bonds. The number of rotatable bonds is 8. The van der Waals surface area contributed by atoms with Gasteiger partial charge in [-0.15, -0.1) is 11.3 Å². The molecule has 2 aromatic heterocycles. The number of carbonyl (C=O) groups is 1. The quantitative estimate of drug-likeness (QED) is 0.486. The summed E-state index contributed by atoms with van der Waals surface area (Å²) in [6, 6.07) is 15.2. The Balaban J connectivity index is 1.30. The first-order chi connectivity index (χ1) is 14.3. The van der Waals surface area contributed by atoms with Gasteiger partial charge < -0.3 is 10.1 Å². The highest BCUT2D eigenvalue weighted by Gasteiger charge is 2.07. The molecule has 7 nitrogen and oxygen atoms in total. The van der Waals surface area contributed by atoms with Crippen LogP contribution >= 0.6 is 11.3 Å². The van der Waals surface area contributed by atoms with E-state index >= 15 is 0 Å². The maximum Gasteiger partial charge on any atom is 0.251 e. The van der Waals surface area contributed by atoms with Crippen molar-refractivity contribution in [2.24, 2.45) is 0 Å². The number of aromatic nitrogens is 4. The summed E-state index contributed by atoms with van der Waals surface area (Å²) in [6.07, 6.45) is 3.20. The Morgan fingerprint density at radius 2 is 2.00 bits per heavy atom. The highest BCUT2D eigenvalue weighted by molar-refractivity contribution is 7.07. The van der Waals surface area contributed by atoms with Gasteiger partial charge in [-0.05, 0) is 29.3 Å². The molecule has 0 spiro atoms. The van der Waals surface area contributed by atoms with Gasteiger partial charge in [0.2, 0.25) is 0 Å². The number of nitrogens with zero attached hydrogens (tertiary/aromatic N) is 4. The van der Waals surface area contributed by atoms with Gasteiger partial charge in [0.1, 0.15) is 25.0 Å². The van der Waals surface area contributed by atoms with E-state index in [0.29, 0.717) is 31.0 Å². The summed E-state index contributed by atoms with van der Waals surface area (Å²) in [5.41, 5.74) is 5.34. The van der Waals surface area contributed by atoms with E-state index in [-0.39, 0.29) is 5.91 Å². The molecule has 0 atom stereocenters. The van der Waals surface area contributed by atoms with E-state index in [2.05, 4.69) is 20.4 Å². The number of ether oxygens (including phenoxy) is 1. The third kappa shape index (κ3) is 5.26. The lowest BCUT2D eigenvalue weighted by molar-refractivity contribution is 0.0950. The Kier molecular flexibility index (Phi) is 5.92. The Morgan fingerprint density at radius 1 is 1.14 bits per heavy atom. The summed E-state index contributed by atoms with van der Waals surface area (Å²) >= 11 is 1.53. The third-order valence-electron chi connectivity index (χ3n) is 4.25. The van der Waals surface area contributed by atoms with Crippen molar-refractivity contribution in [2.75, 3.05) is 0 Å². The van der Waals surface area contributed by atoms with E-state index in [1.807, 2.05) is 41.8 Å². The van der Waals surface area contributed by atoms with E-state index in [9.17, 15) is 4.79 Å². The summed E-state index contributed by atoms with van der Waals surface area (Å²) in [6.45, 7) is 1.50. The minimum absolute atomic E-state index is 0.143. The zero-order valence-electron chi connectivity index (χ0n) is 15.6. The molecule has 2 aromatic carbocycles. The first-order valence-electron chi connectivity index (χ1n) is 9.04. The number of amides is 1. The van der Waals surface area contributed by atoms with E-state index < -0.39 is 0 Å². The van der Waals surface area contributed by atoms with Crippen LogP contribution in [0.4, 0.5) is 0 Å². The van der Waals surface area contributed by atoms with Crippen LogP contribution in [0, 0.1) is 0 Å². The van der Waals surface area contributed by atoms with Crippen LogP contribution in [-0.4, -0.2) is 25.7 Å². The summed E-state index contributed by atoms with van der Waals surface area (Å²) in [5.74, 6) is 0.499. The van der Waals surface area contributed by atoms with Crippen molar-refractivity contribution in [3.8, 4) is 5.75 Å². The molecule has 0 aliphatic carbocycles. The number of thiazole rings is 1. The molecular weight excluding hydrogens is 386 g/mol. The molecule has 0 unspecified atom stereocenters. The lowest BCUT2D eigenvalue weighted by Gasteiger charge is -2.09. The summed E-state index contributed by atoms with van der Waals surface area (Å²) in [4.78, 5) is 20.6. The average Bonchev–Trinajstić information content (AvgIpc) is 3.46. The second-order valence-corrected chi connectivity index (χ2v) is 7.11. The van der Waals surface area contributed by atoms with Crippen LogP contribution in [0.1, 0.15) is 27.2 Å². The standard InChI is InChI=1S/C21H19N5O2S/c27-21(18-2-1-3-20(8-18)28-11-19-12-29-15-24-19)23-9-16-4-6-17(7-5-16)10-26-14-22-13-25-26/h1-8,12-15H,9-11H2,(H,23,27). The predicted molar refractivity (Wildman–Crippen MR) is 110 cm³/mol. The number of carbonyl (C=O) groups excluding carboxylic acids is 1. The van der Waals surface area contributed by atoms with Gasteiger partial charge in [0, 0.05) is 17.5 Å². The molecule has 4 rings (SSSR count). The summed E-state index contributed by atoms with van der Waals surface area (Å²) in [7, 11) is 0. The first-order valence-corrected chi connectivity index (χ1v) is 9.99. The zero-order chi connectivity index (χ0) is 19.9. The fourth-order valence-electron chi connectivity index (χ4n) is 2.74. The number of benzene rings is 2. The van der Waals surface area contributed by atoms with Crippen molar-refractivity contribution < 1.29 is 9.53 Å². The molecule has 0 saturated heterocycles. The van der Waals surface area contributed by atoms with Crippen molar-refractivity contribution in [1.29, 1.82) is 0 Å². The zero-order valence-corrected chi connectivity index (χ0v) is 16.4. The van der Waals surface area contributed by atoms with Gasteiger partial charge in [0.25, 0.3) is 5.91 Å². The van der Waals surface area contributed by atoms with Crippen LogP contribution in [0.15, 0.2) is 72.1 Å². The maximum atomic E-state index is 12.5. The topological polar surface area (TPSA) is 81.9 Å². The number of hydrogen-bond acceptors (Lipinski definition) is 6. The fraction of sp³-hybridized carbons (Fsp3) is 0.143. The van der Waals surface area contributed by atoms with E-state index in [0.717, 1.165) is 16.8 Å². The van der Waals surface area contributed by atoms with Crippen molar-refractivity contribution in [3.63, 3.8) is 0 Å². The Labute approximate surface area is 172 Å². The van der Waals surface area contributed by atoms with Gasteiger partial charge >= 0.3 is 0 Å². The molecule has 2 heterocycles. The smallest absolute Gasteiger partial charge is 0.251 e. The van der Waals surface area contributed by atoms with Gasteiger partial charge in [-0.2, -0.15) is 5.10 Å². The fourth-order valence-corrected chi connectivity index (χ4v) is 3.28. The van der Waals surface area contributed by atoms with Gasteiger partial charge in [-0.25, -0.2) is 14.6 Å². The molecule has 0 radical (unpaired) electrons. The molecule has 0 aliphatic rings. The highest BCUT2D eigenvalue weighted by atomic mass is 32.1. The van der Waals surface area contributed by atoms with E-state index in [4.69, 9.17) is 4.74 Å². The van der Waals surface area contributed by atoms with E-state index in [1.165, 1.54) is 17.7 Å². The van der Waals surface area contributed by atoms with Crippen molar-refractivity contribution >= 4 is 17.2 Å². The van der Waals surface area contributed by atoms with Crippen molar-refractivity contribution in [1.82, 2.24) is 25.1 Å². The van der Waals surface area contributed by atoms with Crippen LogP contribution in [0.5, 0.6) is 5.75 Å². The summed E-state index contributed by atoms with van der Waals surface area (Å²) in [5, 5.41) is 8.98. The first kappa shape index (κ1) is 18.8. The molecule has 0 fully saturated rings. The van der Waals surface area contributed by atoms with Crippen molar-refractivity contribution in [3.05, 3.63) is 94.5 Å². The lowest BCUT2D eigenvalue weighted by Crippen LogP contribution is -2.22. The Bertz CT molecular complexity index is 1050. The molecule has 0 saturated carbocycles. The van der Waals surface area contributed by atoms with Crippen LogP contribution < -0.4 is 10.1 Å². The van der Waals surface area contributed by atoms with Gasteiger partial charge in [0.15, 0.2) is 0 Å². The van der Waals surface area contributed by atoms with E-state index in [1.54, 1.807) is 28.7 Å². The van der Waals surface area contributed by atoms with Gasteiger partial charge in [0.05, 0.1) is 17.7 Å². The molecule has 0 bridgehead atoms. The second-order valence-electron chi connectivity index (χ2n) is 6.39. The highest BCUT2D eigenvalue weighted by Crippen LogP contribution is 2.15. The van der Waals surface area contributed by atoms with Gasteiger partial charge in [-0.1, -0.05) is 30.3 Å². The Morgan fingerprint density at radius 3 is 2.76 bits per heavy atom. The van der Waals surface area contributed by atoms with Crippen LogP contribution in [0.3, 0.4) is 0 Å². The Hall–Kier alpha value is -3.52. The monoisotopic (exact) mass is 405 g/mol. The minimum atomic E-state index is -0.143. The normalized spacial score (nSPS) is 10.6. The lowest BCUT2D eigenvalue weighted by atomic mass is 10.1. The largest absolute Gasteiger partial charge is 0.487 e. The van der Waals surface area contributed by atoms with Crippen LogP contribution in [0.2, 0.25) is 0 Å². The molecular formula is C21H19N5O2S. The predicted octanol–water partition coefficient (Wildman–Crippen LogP) is 3.29. The molecule has 0 aliphatic heterocycles. The second kappa shape index (κ2) is 9.11. The molecule has 1 N–H and O–H groups in total. The minimum Gasteiger partial charge on any atom is -0.487 e. The summed E-state index contributed by atoms with van der Waals surface area (Å²) < 4.78 is 7.48. The molecule has 8 heteroatoms. The van der Waals surface area contributed by atoms with Gasteiger partial charge in [-0.3, -0.25) is 4.79 Å². The molecule has 146 valence electrons. The van der Waals surface area contributed by atoms with Crippen molar-refractivity contribution in [2.45, 2.75) is 19.7 Å². The van der Waals surface area contributed by atoms with Crippen LogP contribution in [0.25, 0.3) is 0 Å². The third-order valence-corrected chi connectivity index (χ3v) is 4.89. The maximum absolute atomic E-state index is 12.5. The van der Waals surface area contributed by atoms with Crippen LogP contribution in [-0.2, 0) is 19.7 Å². The molecule has 29 heavy (non-hydrogen) atoms. The number of nitrogens with one attached hydrogen (secondary N) is 1. The number of hydrogen-bond donors (Lipinski definition) is 1. The average molecular weight is 405 g/mol. The SMILES string of the molecule is O=C(NCc1ccc(Cn2cncn2)cc1)c1cccc(OCc2cscn2)c1.